The van der Waals surface area contributed by atoms with Crippen LogP contribution in [0.4, 0.5) is 0 Å². The van der Waals surface area contributed by atoms with E-state index in [0.29, 0.717) is 10.1 Å². The lowest BCUT2D eigenvalue weighted by Gasteiger charge is -2.30. The van der Waals surface area contributed by atoms with E-state index in [1.165, 1.54) is 10.8 Å². The molecule has 20 heavy (non-hydrogen) atoms. The Labute approximate surface area is 115 Å². The molecular weight excluding hydrogens is 288 g/mol. The number of carboxylic acid groups (broad SMARTS) is 1. The van der Waals surface area contributed by atoms with Crippen molar-refractivity contribution < 1.29 is 23.1 Å². The van der Waals surface area contributed by atoms with Crippen LogP contribution in [-0.4, -0.2) is 58.4 Å². The molecule has 1 aliphatic heterocycles. The molecule has 1 aliphatic rings. The minimum Gasteiger partial charge on any atom is -0.480 e. The number of amides is 1. The van der Waals surface area contributed by atoms with Gasteiger partial charge in [0, 0.05) is 19.8 Å². The maximum absolute atomic E-state index is 12.4. The van der Waals surface area contributed by atoms with E-state index in [1.54, 1.807) is 14.0 Å². The van der Waals surface area contributed by atoms with Crippen molar-refractivity contribution in [2.24, 2.45) is 7.05 Å². The zero-order valence-electron chi connectivity index (χ0n) is 10.9. The average molecular weight is 302 g/mol. The zero-order valence-corrected chi connectivity index (χ0v) is 11.7. The summed E-state index contributed by atoms with van der Waals surface area (Å²) in [5.41, 5.74) is 0. The van der Waals surface area contributed by atoms with Crippen LogP contribution < -0.4 is 5.32 Å². The molecule has 0 aromatic carbocycles. The van der Waals surface area contributed by atoms with Gasteiger partial charge in [-0.2, -0.15) is 4.31 Å². The Morgan fingerprint density at radius 3 is 2.70 bits per heavy atom. The second kappa shape index (κ2) is 4.87. The molecular formula is C10H14N4O5S. The van der Waals surface area contributed by atoms with Crippen molar-refractivity contribution in [2.75, 3.05) is 13.1 Å². The van der Waals surface area contributed by atoms with Gasteiger partial charge >= 0.3 is 5.97 Å². The fraction of sp³-hybridized carbons (Fsp3) is 0.500. The first-order valence-electron chi connectivity index (χ1n) is 5.75. The number of carboxylic acids is 1. The number of carbonyl (C=O) groups is 2. The molecule has 0 radical (unpaired) electrons. The smallest absolute Gasteiger partial charge is 0.323 e. The van der Waals surface area contributed by atoms with Gasteiger partial charge in [-0.3, -0.25) is 9.59 Å². The third-order valence-electron chi connectivity index (χ3n) is 3.08. The Kier molecular flexibility index (Phi) is 3.52. The lowest BCUT2D eigenvalue weighted by molar-refractivity contribution is -0.143. The lowest BCUT2D eigenvalue weighted by Crippen LogP contribution is -2.59. The summed E-state index contributed by atoms with van der Waals surface area (Å²) in [6.07, 6.45) is 1.29. The number of carbonyl (C=O) groups excluding carboxylic acids is 1. The minimum atomic E-state index is -4.13. The van der Waals surface area contributed by atoms with E-state index in [2.05, 4.69) is 10.3 Å². The quantitative estimate of drug-likeness (QED) is 0.686. The molecule has 1 atom stereocenters. The average Bonchev–Trinajstić information content (AvgIpc) is 2.70. The molecule has 2 rings (SSSR count). The number of aromatic nitrogens is 2. The van der Waals surface area contributed by atoms with Crippen molar-refractivity contribution in [3.05, 3.63) is 12.0 Å². The first-order chi connectivity index (χ1) is 9.23. The van der Waals surface area contributed by atoms with Crippen LogP contribution >= 0.6 is 0 Å². The SMILES string of the molecule is Cc1nc(S(=O)(=O)N2CC(=O)NCC2C(=O)O)cn1C. The summed E-state index contributed by atoms with van der Waals surface area (Å²) in [6.45, 7) is 0.824. The molecule has 9 nitrogen and oxygen atoms in total. The Bertz CT molecular complexity index is 646. The number of imidazole rings is 1. The van der Waals surface area contributed by atoms with Gasteiger partial charge < -0.3 is 15.0 Å². The molecule has 1 saturated heterocycles. The summed E-state index contributed by atoms with van der Waals surface area (Å²) in [5.74, 6) is -1.39. The number of nitrogens with zero attached hydrogens (tertiary/aromatic N) is 3. The minimum absolute atomic E-state index is 0.265. The molecule has 1 amide bonds. The zero-order chi connectivity index (χ0) is 15.1. The van der Waals surface area contributed by atoms with Gasteiger partial charge in [-0.25, -0.2) is 13.4 Å². The lowest BCUT2D eigenvalue weighted by atomic mass is 10.2. The van der Waals surface area contributed by atoms with Gasteiger partial charge in [0.15, 0.2) is 5.03 Å². The molecule has 1 fully saturated rings. The summed E-state index contributed by atoms with van der Waals surface area (Å²) in [5, 5.41) is 11.1. The highest BCUT2D eigenvalue weighted by Gasteiger charge is 2.41. The van der Waals surface area contributed by atoms with Crippen LogP contribution in [0.25, 0.3) is 0 Å². The maximum atomic E-state index is 12.4. The number of hydrogen-bond acceptors (Lipinski definition) is 5. The number of hydrogen-bond donors (Lipinski definition) is 2. The number of rotatable bonds is 3. The van der Waals surface area contributed by atoms with E-state index in [9.17, 15) is 18.0 Å². The van der Waals surface area contributed by atoms with E-state index in [4.69, 9.17) is 5.11 Å². The van der Waals surface area contributed by atoms with E-state index in [1.807, 2.05) is 0 Å². The predicted molar refractivity (Wildman–Crippen MR) is 66.3 cm³/mol. The standard InChI is InChI=1S/C10H14N4O5S/c1-6-12-9(5-13(6)2)20(18,19)14-4-8(15)11-3-7(14)10(16)17/h5,7H,3-4H2,1-2H3,(H,11,15)(H,16,17). The largest absolute Gasteiger partial charge is 0.480 e. The van der Waals surface area contributed by atoms with Gasteiger partial charge in [0.05, 0.1) is 6.54 Å². The number of sulfonamides is 1. The van der Waals surface area contributed by atoms with Gasteiger partial charge in [0.1, 0.15) is 11.9 Å². The van der Waals surface area contributed by atoms with Crippen LogP contribution in [0.3, 0.4) is 0 Å². The van der Waals surface area contributed by atoms with Crippen LogP contribution in [-0.2, 0) is 26.7 Å². The summed E-state index contributed by atoms with van der Waals surface area (Å²) >= 11 is 0. The third kappa shape index (κ3) is 2.39. The van der Waals surface area contributed by atoms with Gasteiger partial charge in [0.25, 0.3) is 10.0 Å². The second-order valence-corrected chi connectivity index (χ2v) is 6.28. The van der Waals surface area contributed by atoms with Crippen molar-refractivity contribution in [1.82, 2.24) is 19.2 Å². The highest BCUT2D eigenvalue weighted by Crippen LogP contribution is 2.19. The van der Waals surface area contributed by atoms with Gasteiger partial charge in [-0.05, 0) is 6.92 Å². The number of piperazine rings is 1. The van der Waals surface area contributed by atoms with Crippen LogP contribution in [0, 0.1) is 6.92 Å². The molecule has 10 heteroatoms. The molecule has 0 saturated carbocycles. The van der Waals surface area contributed by atoms with Crippen LogP contribution in [0.2, 0.25) is 0 Å². The first-order valence-corrected chi connectivity index (χ1v) is 7.19. The topological polar surface area (TPSA) is 122 Å². The molecule has 2 N–H and O–H groups in total. The maximum Gasteiger partial charge on any atom is 0.323 e. The van der Waals surface area contributed by atoms with Crippen LogP contribution in [0.15, 0.2) is 11.2 Å². The van der Waals surface area contributed by atoms with E-state index >= 15 is 0 Å². The van der Waals surface area contributed by atoms with Crippen molar-refractivity contribution in [2.45, 2.75) is 18.0 Å². The monoisotopic (exact) mass is 302 g/mol. The number of nitrogens with one attached hydrogen (secondary N) is 1. The van der Waals surface area contributed by atoms with E-state index in [-0.39, 0.29) is 11.6 Å². The number of aliphatic carboxylic acids is 1. The fourth-order valence-corrected chi connectivity index (χ4v) is 3.42. The Hall–Kier alpha value is -1.94. The van der Waals surface area contributed by atoms with Crippen molar-refractivity contribution >= 4 is 21.9 Å². The van der Waals surface area contributed by atoms with Gasteiger partial charge in [-0.15, -0.1) is 0 Å². The summed E-state index contributed by atoms with van der Waals surface area (Å²) in [4.78, 5) is 26.4. The van der Waals surface area contributed by atoms with E-state index < -0.39 is 34.5 Å². The normalized spacial score (nSPS) is 20.7. The Balaban J connectivity index is 2.44. The van der Waals surface area contributed by atoms with Crippen molar-refractivity contribution in [1.29, 1.82) is 0 Å². The predicted octanol–water partition coefficient (Wildman–Crippen LogP) is -1.70. The van der Waals surface area contributed by atoms with E-state index in [0.717, 1.165) is 0 Å². The molecule has 1 aromatic rings. The molecule has 0 spiro atoms. The van der Waals surface area contributed by atoms with Crippen molar-refractivity contribution in [3.63, 3.8) is 0 Å². The highest BCUT2D eigenvalue weighted by molar-refractivity contribution is 7.89. The summed E-state index contributed by atoms with van der Waals surface area (Å²) in [6, 6.07) is -1.33. The van der Waals surface area contributed by atoms with Crippen molar-refractivity contribution in [3.8, 4) is 0 Å². The first kappa shape index (κ1) is 14.5. The molecule has 0 aliphatic carbocycles. The van der Waals surface area contributed by atoms with Gasteiger partial charge in [0.2, 0.25) is 5.91 Å². The van der Waals surface area contributed by atoms with Crippen LogP contribution in [0.1, 0.15) is 5.82 Å². The van der Waals surface area contributed by atoms with Gasteiger partial charge in [-0.1, -0.05) is 0 Å². The highest BCUT2D eigenvalue weighted by atomic mass is 32.2. The van der Waals surface area contributed by atoms with Crippen LogP contribution in [0.5, 0.6) is 0 Å². The Morgan fingerprint density at radius 1 is 1.55 bits per heavy atom. The fourth-order valence-electron chi connectivity index (χ4n) is 1.85. The third-order valence-corrected chi connectivity index (χ3v) is 4.81. The molecule has 2 heterocycles. The molecule has 110 valence electrons. The molecule has 1 aromatic heterocycles. The summed E-state index contributed by atoms with van der Waals surface area (Å²) in [7, 11) is -2.51. The Morgan fingerprint density at radius 2 is 2.20 bits per heavy atom. The molecule has 1 unspecified atom stereocenters. The molecule has 0 bridgehead atoms. The summed E-state index contributed by atoms with van der Waals surface area (Å²) < 4.78 is 27.0. The number of aryl methyl sites for hydroxylation is 2. The second-order valence-electron chi connectivity index (χ2n) is 4.45.